The summed E-state index contributed by atoms with van der Waals surface area (Å²) in [6.07, 6.45) is 0.106. The molecule has 0 aromatic heterocycles. The number of benzene rings is 1. The van der Waals surface area contributed by atoms with Crippen LogP contribution in [0, 0.1) is 6.92 Å². The molecule has 0 radical (unpaired) electrons. The van der Waals surface area contributed by atoms with Crippen molar-refractivity contribution < 1.29 is 18.4 Å². The van der Waals surface area contributed by atoms with Crippen molar-refractivity contribution in [3.63, 3.8) is 0 Å². The molecule has 0 saturated heterocycles. The van der Waals surface area contributed by atoms with Crippen LogP contribution in [0.4, 0.5) is 0 Å². The van der Waals surface area contributed by atoms with Gasteiger partial charge in [-0.2, -0.15) is 0 Å². The molecule has 0 bridgehead atoms. The molecule has 0 unspecified atom stereocenters. The largest absolute Gasteiger partial charge is 0.334 e. The molecule has 0 atom stereocenters. The van der Waals surface area contributed by atoms with Crippen molar-refractivity contribution in [2.45, 2.75) is 20.0 Å². The van der Waals surface area contributed by atoms with E-state index in [2.05, 4.69) is 0 Å². The summed E-state index contributed by atoms with van der Waals surface area (Å²) in [5, 5.41) is 0. The van der Waals surface area contributed by atoms with Gasteiger partial charge in [0.05, 0.1) is 6.16 Å². The molecule has 0 saturated carbocycles. The summed E-state index contributed by atoms with van der Waals surface area (Å²) in [5.41, 5.74) is 2.25. The fraction of sp³-hybridized carbons (Fsp3) is 0.417. The van der Waals surface area contributed by atoms with Gasteiger partial charge in [0.2, 0.25) is 0 Å². The van der Waals surface area contributed by atoms with E-state index in [4.69, 9.17) is 9.05 Å². The number of aryl methyl sites for hydroxylation is 1. The summed E-state index contributed by atoms with van der Waals surface area (Å²) in [6, 6.07) is 5.45. The molecule has 0 heterocycles. The fourth-order valence-electron chi connectivity index (χ4n) is 1.57. The van der Waals surface area contributed by atoms with Crippen LogP contribution in [0.15, 0.2) is 18.2 Å². The quantitative estimate of drug-likeness (QED) is 0.599. The van der Waals surface area contributed by atoms with Crippen LogP contribution >= 0.6 is 7.60 Å². The van der Waals surface area contributed by atoms with Gasteiger partial charge in [0.1, 0.15) is 0 Å². The molecule has 0 aliphatic rings. The van der Waals surface area contributed by atoms with Gasteiger partial charge in [-0.05, 0) is 25.5 Å². The number of carbonyl (C=O) groups excluding carboxylic acids is 1. The SMILES string of the molecule is COP(=O)(Cc1ccc(C)cc1C(C)=O)OC. The molecule has 17 heavy (non-hydrogen) atoms. The van der Waals surface area contributed by atoms with Gasteiger partial charge < -0.3 is 9.05 Å². The summed E-state index contributed by atoms with van der Waals surface area (Å²) in [6.45, 7) is 3.39. The second kappa shape index (κ2) is 5.58. The van der Waals surface area contributed by atoms with Crippen LogP contribution in [0.2, 0.25) is 0 Å². The molecule has 1 rings (SSSR count). The summed E-state index contributed by atoms with van der Waals surface area (Å²) in [7, 11) is -0.459. The van der Waals surface area contributed by atoms with E-state index in [9.17, 15) is 9.36 Å². The lowest BCUT2D eigenvalue weighted by Crippen LogP contribution is -2.02. The minimum absolute atomic E-state index is 0.0533. The van der Waals surface area contributed by atoms with Crippen LogP contribution in [-0.4, -0.2) is 20.0 Å². The Kier molecular flexibility index (Phi) is 4.63. The van der Waals surface area contributed by atoms with Crippen LogP contribution in [0.25, 0.3) is 0 Å². The number of hydrogen-bond acceptors (Lipinski definition) is 4. The van der Waals surface area contributed by atoms with E-state index in [1.165, 1.54) is 21.1 Å². The van der Waals surface area contributed by atoms with Crippen molar-refractivity contribution in [3.8, 4) is 0 Å². The number of hydrogen-bond donors (Lipinski definition) is 0. The maximum Gasteiger partial charge on any atom is 0.334 e. The summed E-state index contributed by atoms with van der Waals surface area (Å²) >= 11 is 0. The Morgan fingerprint density at radius 2 is 1.88 bits per heavy atom. The maximum absolute atomic E-state index is 12.0. The average molecular weight is 256 g/mol. The third-order valence-corrected chi connectivity index (χ3v) is 4.41. The molecule has 0 N–H and O–H groups in total. The summed E-state index contributed by atoms with van der Waals surface area (Å²) in [5.74, 6) is -0.0533. The average Bonchev–Trinajstić information content (AvgIpc) is 2.31. The van der Waals surface area contributed by atoms with Gasteiger partial charge in [0, 0.05) is 19.8 Å². The van der Waals surface area contributed by atoms with Crippen LogP contribution in [0.1, 0.15) is 28.4 Å². The lowest BCUT2D eigenvalue weighted by Gasteiger charge is -2.15. The van der Waals surface area contributed by atoms with Crippen molar-refractivity contribution in [1.82, 2.24) is 0 Å². The molecule has 0 aliphatic heterocycles. The van der Waals surface area contributed by atoms with Gasteiger partial charge >= 0.3 is 7.60 Å². The lowest BCUT2D eigenvalue weighted by molar-refractivity contribution is 0.101. The Balaban J connectivity index is 3.14. The Labute approximate surface area is 101 Å². The Morgan fingerprint density at radius 1 is 1.29 bits per heavy atom. The molecule has 0 spiro atoms. The predicted octanol–water partition coefficient (Wildman–Crippen LogP) is 3.18. The number of carbonyl (C=O) groups is 1. The summed E-state index contributed by atoms with van der Waals surface area (Å²) in [4.78, 5) is 11.5. The van der Waals surface area contributed by atoms with Crippen LogP contribution in [0.3, 0.4) is 0 Å². The molecule has 0 fully saturated rings. The van der Waals surface area contributed by atoms with E-state index in [1.54, 1.807) is 12.1 Å². The van der Waals surface area contributed by atoms with Crippen molar-refractivity contribution in [2.75, 3.05) is 14.2 Å². The molecule has 4 nitrogen and oxygen atoms in total. The van der Waals surface area contributed by atoms with Gasteiger partial charge in [-0.15, -0.1) is 0 Å². The number of rotatable bonds is 5. The van der Waals surface area contributed by atoms with Crippen molar-refractivity contribution >= 4 is 13.4 Å². The van der Waals surface area contributed by atoms with Gasteiger partial charge in [0.15, 0.2) is 5.78 Å². The van der Waals surface area contributed by atoms with Crippen LogP contribution < -0.4 is 0 Å². The maximum atomic E-state index is 12.0. The molecule has 1 aromatic rings. The second-order valence-corrected chi connectivity index (χ2v) is 6.12. The highest BCUT2D eigenvalue weighted by Gasteiger charge is 2.24. The van der Waals surface area contributed by atoms with Gasteiger partial charge in [0.25, 0.3) is 0 Å². The Morgan fingerprint density at radius 3 is 2.35 bits per heavy atom. The summed E-state index contributed by atoms with van der Waals surface area (Å²) < 4.78 is 21.8. The molecule has 1 aromatic carbocycles. The number of ketones is 1. The molecule has 0 aliphatic carbocycles. The van der Waals surface area contributed by atoms with E-state index in [1.807, 2.05) is 13.0 Å². The van der Waals surface area contributed by atoms with E-state index in [0.29, 0.717) is 11.1 Å². The van der Waals surface area contributed by atoms with Crippen LogP contribution in [-0.2, 0) is 19.8 Å². The monoisotopic (exact) mass is 256 g/mol. The number of Topliss-reactive ketones (excluding diaryl/α,β-unsaturated/α-hetero) is 1. The smallest absolute Gasteiger partial charge is 0.312 e. The first kappa shape index (κ1) is 14.1. The second-order valence-electron chi connectivity index (χ2n) is 3.85. The molecule has 5 heteroatoms. The Hall–Kier alpha value is -0.960. The van der Waals surface area contributed by atoms with Gasteiger partial charge in [-0.25, -0.2) is 0 Å². The molecule has 0 amide bonds. The van der Waals surface area contributed by atoms with E-state index in [-0.39, 0.29) is 11.9 Å². The third-order valence-electron chi connectivity index (χ3n) is 2.56. The zero-order valence-electron chi connectivity index (χ0n) is 10.5. The van der Waals surface area contributed by atoms with Crippen LogP contribution in [0.5, 0.6) is 0 Å². The van der Waals surface area contributed by atoms with Crippen molar-refractivity contribution in [2.24, 2.45) is 0 Å². The first-order valence-corrected chi connectivity index (χ1v) is 6.95. The zero-order valence-corrected chi connectivity index (χ0v) is 11.4. The molecular formula is C12H17O4P. The topological polar surface area (TPSA) is 52.6 Å². The first-order chi connectivity index (χ1) is 7.91. The van der Waals surface area contributed by atoms with Gasteiger partial charge in [-0.3, -0.25) is 9.36 Å². The third kappa shape index (κ3) is 3.50. The molecule has 94 valence electrons. The van der Waals surface area contributed by atoms with E-state index < -0.39 is 7.60 Å². The van der Waals surface area contributed by atoms with E-state index >= 15 is 0 Å². The Bertz CT molecular complexity index is 460. The molecular weight excluding hydrogens is 239 g/mol. The van der Waals surface area contributed by atoms with Crippen molar-refractivity contribution in [3.05, 3.63) is 34.9 Å². The predicted molar refractivity (Wildman–Crippen MR) is 66.5 cm³/mol. The first-order valence-electron chi connectivity index (χ1n) is 5.23. The lowest BCUT2D eigenvalue weighted by atomic mass is 10.0. The normalized spacial score (nSPS) is 11.5. The van der Waals surface area contributed by atoms with Gasteiger partial charge in [-0.1, -0.05) is 17.7 Å². The standard InChI is InChI=1S/C12H17O4P/c1-9-5-6-11(12(7-9)10(2)13)8-17(14,15-3)16-4/h5-7H,8H2,1-4H3. The minimum Gasteiger partial charge on any atom is -0.312 e. The van der Waals surface area contributed by atoms with Crippen molar-refractivity contribution in [1.29, 1.82) is 0 Å². The fourth-order valence-corrected chi connectivity index (χ4v) is 2.67. The highest BCUT2D eigenvalue weighted by Crippen LogP contribution is 2.50. The highest BCUT2D eigenvalue weighted by molar-refractivity contribution is 7.52. The zero-order chi connectivity index (χ0) is 13.1. The van der Waals surface area contributed by atoms with E-state index in [0.717, 1.165) is 5.56 Å². The minimum atomic E-state index is -3.14. The highest BCUT2D eigenvalue weighted by atomic mass is 31.2.